The van der Waals surface area contributed by atoms with Crippen LogP contribution >= 0.6 is 9.47 Å². The molecule has 180 valence electrons. The summed E-state index contributed by atoms with van der Waals surface area (Å²) in [7, 11) is 2.18. The van der Waals surface area contributed by atoms with Gasteiger partial charge in [0.1, 0.15) is 0 Å². The van der Waals surface area contributed by atoms with E-state index >= 15 is 0 Å². The minimum absolute atomic E-state index is 0.0250. The van der Waals surface area contributed by atoms with Gasteiger partial charge in [0.15, 0.2) is 0 Å². The fraction of sp³-hybridized carbons (Fsp3) is 0.963. The van der Waals surface area contributed by atoms with Crippen molar-refractivity contribution in [1.29, 1.82) is 0 Å². The van der Waals surface area contributed by atoms with Gasteiger partial charge in [-0.1, -0.05) is 136 Å². The number of rotatable bonds is 23. The molecule has 0 radical (unpaired) electrons. The van der Waals surface area contributed by atoms with Gasteiger partial charge in [0.25, 0.3) is 0 Å². The monoisotopic (exact) mass is 442 g/mol. The lowest BCUT2D eigenvalue weighted by atomic mass is 9.71. The highest BCUT2D eigenvalue weighted by atomic mass is 31.0. The number of hydrogen-bond donors (Lipinski definition) is 0. The maximum Gasteiger partial charge on any atom is 0.308 e. The predicted octanol–water partition coefficient (Wildman–Crippen LogP) is 9.95. The largest absolute Gasteiger partial charge is 0.451 e. The number of carbonyl (C=O) groups excluding carboxylic acids is 1. The van der Waals surface area contributed by atoms with Crippen LogP contribution in [-0.2, 0) is 9.32 Å². The first-order valence-electron chi connectivity index (χ1n) is 13.5. The summed E-state index contributed by atoms with van der Waals surface area (Å²) < 4.78 is 5.06. The molecule has 1 unspecified atom stereocenters. The molecule has 0 aromatic rings. The first kappa shape index (κ1) is 29.9. The van der Waals surface area contributed by atoms with Crippen molar-refractivity contribution in [2.24, 2.45) is 5.41 Å². The van der Waals surface area contributed by atoms with Crippen molar-refractivity contribution in [1.82, 2.24) is 0 Å². The highest BCUT2D eigenvalue weighted by molar-refractivity contribution is 7.10. The summed E-state index contributed by atoms with van der Waals surface area (Å²) in [6.45, 7) is 6.83. The molecule has 0 saturated carbocycles. The highest BCUT2D eigenvalue weighted by Crippen LogP contribution is 2.41. The molecule has 3 heteroatoms. The normalized spacial score (nSPS) is 11.7. The van der Waals surface area contributed by atoms with E-state index in [9.17, 15) is 4.79 Å². The standard InChI is InChI=1S/C27H55O2P/c1-4-7-10-13-16-19-22-27(25-26(28)29-30,23-20-17-14-11-8-5-2)24-21-18-15-12-9-6-3/h4-25,30H2,1-3H3. The minimum atomic E-state index is -0.0250. The molecule has 30 heavy (non-hydrogen) atoms. The topological polar surface area (TPSA) is 26.3 Å². The van der Waals surface area contributed by atoms with Crippen LogP contribution in [0, 0.1) is 5.41 Å². The lowest BCUT2D eigenvalue weighted by Gasteiger charge is -2.34. The van der Waals surface area contributed by atoms with Crippen LogP contribution in [0.2, 0.25) is 0 Å². The Balaban J connectivity index is 4.72. The minimum Gasteiger partial charge on any atom is -0.451 e. The van der Waals surface area contributed by atoms with Gasteiger partial charge in [-0.3, -0.25) is 4.79 Å². The zero-order chi connectivity index (χ0) is 22.3. The third-order valence-electron chi connectivity index (χ3n) is 6.83. The van der Waals surface area contributed by atoms with Crippen LogP contribution in [0.15, 0.2) is 0 Å². The third-order valence-corrected chi connectivity index (χ3v) is 7.10. The van der Waals surface area contributed by atoms with Crippen LogP contribution in [0.25, 0.3) is 0 Å². The Morgan fingerprint density at radius 2 is 0.867 bits per heavy atom. The molecule has 0 aliphatic carbocycles. The van der Waals surface area contributed by atoms with Gasteiger partial charge in [0.05, 0.1) is 15.9 Å². The molecule has 0 aromatic heterocycles. The molecule has 0 aliphatic rings. The Hall–Kier alpha value is -0.100. The second-order valence-electron chi connectivity index (χ2n) is 9.72. The Morgan fingerprint density at radius 3 is 1.17 bits per heavy atom. The lowest BCUT2D eigenvalue weighted by molar-refractivity contribution is -0.136. The van der Waals surface area contributed by atoms with Crippen molar-refractivity contribution in [2.75, 3.05) is 0 Å². The zero-order valence-corrected chi connectivity index (χ0v) is 22.1. The van der Waals surface area contributed by atoms with E-state index in [2.05, 4.69) is 30.2 Å². The molecule has 0 spiro atoms. The molecular weight excluding hydrogens is 387 g/mol. The van der Waals surface area contributed by atoms with Crippen LogP contribution in [0.1, 0.15) is 162 Å². The molecule has 0 heterocycles. The van der Waals surface area contributed by atoms with E-state index in [0.717, 1.165) is 0 Å². The molecule has 0 N–H and O–H groups in total. The zero-order valence-electron chi connectivity index (χ0n) is 21.0. The van der Waals surface area contributed by atoms with Crippen LogP contribution < -0.4 is 0 Å². The second kappa shape index (κ2) is 22.1. The van der Waals surface area contributed by atoms with Gasteiger partial charge in [0.2, 0.25) is 0 Å². The molecule has 1 atom stereocenters. The maximum absolute atomic E-state index is 12.3. The molecular formula is C27H55O2P. The summed E-state index contributed by atoms with van der Waals surface area (Å²) in [5, 5.41) is 0. The quantitative estimate of drug-likeness (QED) is 0.116. The SMILES string of the molecule is CCCCCCCCC(CCCCCCCC)(CCCCCCCC)CC(=O)OP. The van der Waals surface area contributed by atoms with Gasteiger partial charge in [-0.05, 0) is 24.7 Å². The van der Waals surface area contributed by atoms with Gasteiger partial charge in [0, 0.05) is 0 Å². The van der Waals surface area contributed by atoms with E-state index in [0.29, 0.717) is 6.42 Å². The van der Waals surface area contributed by atoms with Crippen molar-refractivity contribution in [3.63, 3.8) is 0 Å². The molecule has 0 rings (SSSR count). The molecule has 0 amide bonds. The van der Waals surface area contributed by atoms with Crippen LogP contribution in [0.5, 0.6) is 0 Å². The summed E-state index contributed by atoms with van der Waals surface area (Å²) in [5.74, 6) is -0.0250. The van der Waals surface area contributed by atoms with E-state index in [1.54, 1.807) is 0 Å². The number of hydrogen-bond acceptors (Lipinski definition) is 2. The van der Waals surface area contributed by atoms with Crippen molar-refractivity contribution in [2.45, 2.75) is 162 Å². The van der Waals surface area contributed by atoms with E-state index in [-0.39, 0.29) is 11.4 Å². The third kappa shape index (κ3) is 17.6. The molecule has 0 aliphatic heterocycles. The average molecular weight is 443 g/mol. The second-order valence-corrected chi connectivity index (χ2v) is 9.96. The first-order chi connectivity index (χ1) is 14.6. The van der Waals surface area contributed by atoms with Crippen molar-refractivity contribution >= 4 is 15.4 Å². The molecule has 0 fully saturated rings. The van der Waals surface area contributed by atoms with Gasteiger partial charge in [-0.2, -0.15) is 0 Å². The fourth-order valence-electron chi connectivity index (χ4n) is 4.83. The predicted molar refractivity (Wildman–Crippen MR) is 137 cm³/mol. The Kier molecular flexibility index (Phi) is 22.0. The summed E-state index contributed by atoms with van der Waals surface area (Å²) in [5.41, 5.74) is 0.175. The number of unbranched alkanes of at least 4 members (excludes halogenated alkanes) is 15. The summed E-state index contributed by atoms with van der Waals surface area (Å²) in [4.78, 5) is 12.3. The van der Waals surface area contributed by atoms with Gasteiger partial charge >= 0.3 is 5.97 Å². The van der Waals surface area contributed by atoms with Crippen LogP contribution in [0.4, 0.5) is 0 Å². The van der Waals surface area contributed by atoms with Gasteiger partial charge in [-0.15, -0.1) is 0 Å². The van der Waals surface area contributed by atoms with Crippen LogP contribution in [-0.4, -0.2) is 5.97 Å². The van der Waals surface area contributed by atoms with Crippen molar-refractivity contribution < 1.29 is 9.32 Å². The van der Waals surface area contributed by atoms with Gasteiger partial charge in [-0.25, -0.2) is 0 Å². The van der Waals surface area contributed by atoms with Crippen molar-refractivity contribution in [3.8, 4) is 0 Å². The fourth-order valence-corrected chi connectivity index (χ4v) is 4.91. The Labute approximate surface area is 192 Å². The van der Waals surface area contributed by atoms with E-state index in [4.69, 9.17) is 4.52 Å². The molecule has 0 aromatic carbocycles. The van der Waals surface area contributed by atoms with Gasteiger partial charge < -0.3 is 4.52 Å². The molecule has 2 nitrogen and oxygen atoms in total. The summed E-state index contributed by atoms with van der Waals surface area (Å²) in [6.07, 6.45) is 28.2. The Morgan fingerprint density at radius 1 is 0.567 bits per heavy atom. The average Bonchev–Trinajstić information content (AvgIpc) is 2.75. The first-order valence-corrected chi connectivity index (χ1v) is 14.0. The molecule has 0 saturated heterocycles. The van der Waals surface area contributed by atoms with Crippen LogP contribution in [0.3, 0.4) is 0 Å². The summed E-state index contributed by atoms with van der Waals surface area (Å²) in [6, 6.07) is 0. The maximum atomic E-state index is 12.3. The van der Waals surface area contributed by atoms with E-state index in [1.807, 2.05) is 0 Å². The molecule has 0 bridgehead atoms. The number of carbonyl (C=O) groups is 1. The Bertz CT molecular complexity index is 329. The van der Waals surface area contributed by atoms with Crippen molar-refractivity contribution in [3.05, 3.63) is 0 Å². The summed E-state index contributed by atoms with van der Waals surface area (Å²) >= 11 is 0. The van der Waals surface area contributed by atoms with E-state index in [1.165, 1.54) is 135 Å². The highest BCUT2D eigenvalue weighted by Gasteiger charge is 2.32. The van der Waals surface area contributed by atoms with E-state index < -0.39 is 0 Å². The lowest BCUT2D eigenvalue weighted by Crippen LogP contribution is -2.25. The smallest absolute Gasteiger partial charge is 0.308 e.